The van der Waals surface area contributed by atoms with Gasteiger partial charge in [0.05, 0.1) is 12.1 Å². The Labute approximate surface area is 139 Å². The van der Waals surface area contributed by atoms with Crippen LogP contribution in [0.1, 0.15) is 34.0 Å². The molecule has 1 aromatic heterocycles. The highest BCUT2D eigenvalue weighted by Gasteiger charge is 2.33. The number of cyclic esters (lactones) is 1. The first-order valence-corrected chi connectivity index (χ1v) is 8.08. The lowest BCUT2D eigenvalue weighted by atomic mass is 9.98. The third-order valence-electron chi connectivity index (χ3n) is 4.61. The summed E-state index contributed by atoms with van der Waals surface area (Å²) < 4.78 is 7.40. The number of hydrogen-bond acceptors (Lipinski definition) is 5. The number of amides is 1. The molecule has 0 bridgehead atoms. The molecule has 7 nitrogen and oxygen atoms in total. The molecule has 7 heteroatoms. The zero-order chi connectivity index (χ0) is 16.7. The predicted molar refractivity (Wildman–Crippen MR) is 84.2 cm³/mol. The Morgan fingerprint density at radius 1 is 1.38 bits per heavy atom. The Balaban J connectivity index is 1.48. The fourth-order valence-corrected chi connectivity index (χ4v) is 3.33. The minimum Gasteiger partial charge on any atom is -0.448 e. The number of likely N-dealkylation sites (N-methyl/N-ethyl adjacent to an activating group) is 1. The smallest absolute Gasteiger partial charge is 0.339 e. The van der Waals surface area contributed by atoms with Gasteiger partial charge in [0.2, 0.25) is 0 Å². The highest BCUT2D eigenvalue weighted by Crippen LogP contribution is 2.22. The SMILES string of the molecule is CN(Cc1nnc2n1CCC2)C(=O)[C@H]1Cc2ccccc2C(=O)O1. The zero-order valence-corrected chi connectivity index (χ0v) is 13.4. The molecule has 1 atom stereocenters. The molecule has 0 saturated heterocycles. The van der Waals surface area contributed by atoms with Gasteiger partial charge < -0.3 is 14.2 Å². The first-order valence-electron chi connectivity index (χ1n) is 8.08. The zero-order valence-electron chi connectivity index (χ0n) is 13.4. The van der Waals surface area contributed by atoms with Crippen LogP contribution in [0.15, 0.2) is 24.3 Å². The maximum atomic E-state index is 12.7. The summed E-state index contributed by atoms with van der Waals surface area (Å²) in [6.45, 7) is 1.26. The molecule has 0 unspecified atom stereocenters. The van der Waals surface area contributed by atoms with Gasteiger partial charge in [0.1, 0.15) is 5.82 Å². The molecule has 0 fully saturated rings. The first-order chi connectivity index (χ1) is 11.6. The van der Waals surface area contributed by atoms with E-state index in [2.05, 4.69) is 14.8 Å². The van der Waals surface area contributed by atoms with Crippen LogP contribution >= 0.6 is 0 Å². The van der Waals surface area contributed by atoms with E-state index in [4.69, 9.17) is 4.74 Å². The van der Waals surface area contributed by atoms with Crippen LogP contribution in [0.4, 0.5) is 0 Å². The van der Waals surface area contributed by atoms with E-state index in [-0.39, 0.29) is 5.91 Å². The van der Waals surface area contributed by atoms with E-state index in [1.54, 1.807) is 24.1 Å². The number of fused-ring (bicyclic) bond motifs is 2. The lowest BCUT2D eigenvalue weighted by Gasteiger charge is -2.27. The minimum absolute atomic E-state index is 0.215. The van der Waals surface area contributed by atoms with Gasteiger partial charge in [-0.05, 0) is 18.1 Å². The van der Waals surface area contributed by atoms with Gasteiger partial charge in [0.15, 0.2) is 11.9 Å². The van der Waals surface area contributed by atoms with Gasteiger partial charge in [0.25, 0.3) is 5.91 Å². The second-order valence-electron chi connectivity index (χ2n) is 6.24. The number of carbonyl (C=O) groups excluding carboxylic acids is 2. The van der Waals surface area contributed by atoms with Crippen molar-refractivity contribution in [2.45, 2.75) is 38.5 Å². The second-order valence-corrected chi connectivity index (χ2v) is 6.24. The van der Waals surface area contributed by atoms with Crippen molar-refractivity contribution < 1.29 is 14.3 Å². The molecule has 0 spiro atoms. The standard InChI is InChI=1S/C17H18N4O3/c1-20(10-15-19-18-14-7-4-8-21(14)15)16(22)13-9-11-5-2-3-6-12(11)17(23)24-13/h2-3,5-6,13H,4,7-10H2,1H3/t13-/m1/s1. The van der Waals surface area contributed by atoms with Gasteiger partial charge in [-0.25, -0.2) is 4.79 Å². The Hall–Kier alpha value is -2.70. The molecular weight excluding hydrogens is 308 g/mol. The molecule has 0 radical (unpaired) electrons. The van der Waals surface area contributed by atoms with Crippen LogP contribution in [0, 0.1) is 0 Å². The lowest BCUT2D eigenvalue weighted by Crippen LogP contribution is -2.42. The van der Waals surface area contributed by atoms with Gasteiger partial charge in [-0.1, -0.05) is 18.2 Å². The van der Waals surface area contributed by atoms with Crippen LogP contribution in [-0.4, -0.2) is 44.7 Å². The Morgan fingerprint density at radius 2 is 2.21 bits per heavy atom. The fraction of sp³-hybridized carbons (Fsp3) is 0.412. The van der Waals surface area contributed by atoms with Gasteiger partial charge in [-0.3, -0.25) is 4.79 Å². The van der Waals surface area contributed by atoms with Gasteiger partial charge in [-0.15, -0.1) is 10.2 Å². The van der Waals surface area contributed by atoms with E-state index in [1.165, 1.54) is 0 Å². The van der Waals surface area contributed by atoms with Crippen molar-refractivity contribution in [3.05, 3.63) is 47.0 Å². The van der Waals surface area contributed by atoms with Crippen LogP contribution in [0.5, 0.6) is 0 Å². The van der Waals surface area contributed by atoms with E-state index in [0.29, 0.717) is 18.5 Å². The predicted octanol–water partition coefficient (Wildman–Crippen LogP) is 0.964. The summed E-state index contributed by atoms with van der Waals surface area (Å²) in [7, 11) is 1.70. The molecule has 0 N–H and O–H groups in total. The van der Waals surface area contributed by atoms with Crippen molar-refractivity contribution >= 4 is 11.9 Å². The van der Waals surface area contributed by atoms with E-state index < -0.39 is 12.1 Å². The van der Waals surface area contributed by atoms with Gasteiger partial charge >= 0.3 is 5.97 Å². The quantitative estimate of drug-likeness (QED) is 0.785. The summed E-state index contributed by atoms with van der Waals surface area (Å²) in [6, 6.07) is 7.24. The van der Waals surface area contributed by atoms with E-state index in [9.17, 15) is 9.59 Å². The number of rotatable bonds is 3. The maximum absolute atomic E-state index is 12.7. The third kappa shape index (κ3) is 2.46. The van der Waals surface area contributed by atoms with E-state index >= 15 is 0 Å². The Bertz CT molecular complexity index is 814. The summed E-state index contributed by atoms with van der Waals surface area (Å²) in [6.07, 6.45) is 1.62. The number of aryl methyl sites for hydroxylation is 1. The molecule has 1 amide bonds. The molecule has 2 aliphatic heterocycles. The summed E-state index contributed by atoms with van der Waals surface area (Å²) in [5.74, 6) is 1.10. The normalized spacial score (nSPS) is 18.7. The van der Waals surface area contributed by atoms with Gasteiger partial charge in [-0.2, -0.15) is 0 Å². The summed E-state index contributed by atoms with van der Waals surface area (Å²) in [5, 5.41) is 8.32. The molecule has 3 heterocycles. The average molecular weight is 326 g/mol. The molecule has 1 aromatic carbocycles. The van der Waals surface area contributed by atoms with Crippen LogP contribution in [0.25, 0.3) is 0 Å². The van der Waals surface area contributed by atoms with E-state index in [0.717, 1.165) is 36.6 Å². The number of aromatic nitrogens is 3. The summed E-state index contributed by atoms with van der Waals surface area (Å²) in [5.41, 5.74) is 1.39. The maximum Gasteiger partial charge on any atom is 0.339 e. The molecule has 2 aliphatic rings. The van der Waals surface area contributed by atoms with Crippen LogP contribution in [0.3, 0.4) is 0 Å². The molecule has 124 valence electrons. The number of hydrogen-bond donors (Lipinski definition) is 0. The van der Waals surface area contributed by atoms with Crippen molar-refractivity contribution in [3.8, 4) is 0 Å². The largest absolute Gasteiger partial charge is 0.448 e. The Morgan fingerprint density at radius 3 is 3.08 bits per heavy atom. The highest BCUT2D eigenvalue weighted by molar-refractivity contribution is 5.95. The minimum atomic E-state index is -0.779. The fourth-order valence-electron chi connectivity index (χ4n) is 3.33. The number of benzene rings is 1. The second kappa shape index (κ2) is 5.74. The van der Waals surface area contributed by atoms with Crippen LogP contribution < -0.4 is 0 Å². The van der Waals surface area contributed by atoms with Crippen molar-refractivity contribution in [1.82, 2.24) is 19.7 Å². The molecular formula is C17H18N4O3. The van der Waals surface area contributed by atoms with Crippen molar-refractivity contribution in [3.63, 3.8) is 0 Å². The van der Waals surface area contributed by atoms with Crippen LogP contribution in [0.2, 0.25) is 0 Å². The van der Waals surface area contributed by atoms with Crippen LogP contribution in [-0.2, 0) is 35.5 Å². The lowest BCUT2D eigenvalue weighted by molar-refractivity contribution is -0.140. The number of nitrogens with zero attached hydrogens (tertiary/aromatic N) is 4. The Kier molecular flexibility index (Phi) is 3.55. The molecule has 0 aliphatic carbocycles. The van der Waals surface area contributed by atoms with Crippen molar-refractivity contribution in [2.24, 2.45) is 0 Å². The van der Waals surface area contributed by atoms with Crippen molar-refractivity contribution in [1.29, 1.82) is 0 Å². The summed E-state index contributed by atoms with van der Waals surface area (Å²) in [4.78, 5) is 26.3. The number of esters is 1. The molecule has 24 heavy (non-hydrogen) atoms. The first kappa shape index (κ1) is 14.9. The van der Waals surface area contributed by atoms with Gasteiger partial charge in [0, 0.05) is 26.4 Å². The third-order valence-corrected chi connectivity index (χ3v) is 4.61. The number of carbonyl (C=O) groups is 2. The van der Waals surface area contributed by atoms with E-state index in [1.807, 2.05) is 12.1 Å². The average Bonchev–Trinajstić information content (AvgIpc) is 3.19. The molecule has 4 rings (SSSR count). The van der Waals surface area contributed by atoms with Crippen molar-refractivity contribution in [2.75, 3.05) is 7.05 Å². The topological polar surface area (TPSA) is 77.3 Å². The molecule has 2 aromatic rings. The summed E-state index contributed by atoms with van der Waals surface area (Å²) >= 11 is 0. The monoisotopic (exact) mass is 326 g/mol. The number of ether oxygens (including phenoxy) is 1. The molecule has 0 saturated carbocycles. The highest BCUT2D eigenvalue weighted by atomic mass is 16.5.